The lowest BCUT2D eigenvalue weighted by atomic mass is 10.00. The molecule has 3 N–H and O–H groups in total. The number of fused-ring (bicyclic) bond motifs is 2. The van der Waals surface area contributed by atoms with E-state index in [0.29, 0.717) is 30.0 Å². The summed E-state index contributed by atoms with van der Waals surface area (Å²) in [5, 5.41) is 20.9. The fourth-order valence-corrected chi connectivity index (χ4v) is 5.43. The van der Waals surface area contributed by atoms with Gasteiger partial charge in [0.15, 0.2) is 0 Å². The summed E-state index contributed by atoms with van der Waals surface area (Å²) in [5.74, 6) is 0.232. The first kappa shape index (κ1) is 24.2. The summed E-state index contributed by atoms with van der Waals surface area (Å²) in [4.78, 5) is 32.0. The molecule has 4 heterocycles. The number of benzene rings is 1. The minimum absolute atomic E-state index is 0.368. The van der Waals surface area contributed by atoms with E-state index in [9.17, 15) is 14.7 Å². The molecule has 0 saturated carbocycles. The molecule has 0 bridgehead atoms. The molecule has 0 aliphatic carbocycles. The fraction of sp³-hybridized carbons (Fsp3) is 0.481. The zero-order valence-corrected chi connectivity index (χ0v) is 20.7. The van der Waals surface area contributed by atoms with Gasteiger partial charge in [-0.2, -0.15) is 5.10 Å². The molecule has 0 radical (unpaired) electrons. The van der Waals surface area contributed by atoms with Crippen molar-refractivity contribution in [3.05, 3.63) is 53.3 Å². The Bertz CT molecular complexity index is 1260. The molecule has 2 atom stereocenters. The van der Waals surface area contributed by atoms with Crippen molar-refractivity contribution in [3.8, 4) is 0 Å². The Hall–Kier alpha value is -3.46. The van der Waals surface area contributed by atoms with Crippen LogP contribution < -0.4 is 10.6 Å². The van der Waals surface area contributed by atoms with Crippen LogP contribution in [0, 0.1) is 5.92 Å². The predicted molar refractivity (Wildman–Crippen MR) is 138 cm³/mol. The van der Waals surface area contributed by atoms with Gasteiger partial charge in [0.25, 0.3) is 5.91 Å². The van der Waals surface area contributed by atoms with Crippen LogP contribution in [0.4, 0.5) is 5.82 Å². The van der Waals surface area contributed by atoms with Crippen molar-refractivity contribution >= 4 is 28.6 Å². The van der Waals surface area contributed by atoms with Gasteiger partial charge < -0.3 is 20.6 Å². The number of pyridine rings is 1. The highest BCUT2D eigenvalue weighted by Gasteiger charge is 2.27. The van der Waals surface area contributed by atoms with Gasteiger partial charge in [-0.3, -0.25) is 9.48 Å². The first-order valence-corrected chi connectivity index (χ1v) is 12.9. The van der Waals surface area contributed by atoms with Crippen LogP contribution in [-0.2, 0) is 24.7 Å². The fourth-order valence-electron chi connectivity index (χ4n) is 5.43. The monoisotopic (exact) mass is 490 g/mol. The lowest BCUT2D eigenvalue weighted by Gasteiger charge is -2.20. The third-order valence-corrected chi connectivity index (χ3v) is 7.47. The molecule has 0 spiro atoms. The van der Waals surface area contributed by atoms with E-state index < -0.39 is 12.0 Å². The van der Waals surface area contributed by atoms with Crippen molar-refractivity contribution in [2.24, 2.45) is 13.0 Å². The minimum Gasteiger partial charge on any atom is -0.480 e. The van der Waals surface area contributed by atoms with E-state index in [-0.39, 0.29) is 5.91 Å². The molecule has 2 aromatic heterocycles. The number of hydrogen-bond donors (Lipinski definition) is 3. The molecule has 3 aromatic rings. The number of carboxylic acids is 1. The van der Waals surface area contributed by atoms with Gasteiger partial charge in [0.2, 0.25) is 0 Å². The Labute approximate surface area is 210 Å². The van der Waals surface area contributed by atoms with Crippen LogP contribution >= 0.6 is 0 Å². The van der Waals surface area contributed by atoms with Crippen molar-refractivity contribution in [1.82, 2.24) is 25.0 Å². The summed E-state index contributed by atoms with van der Waals surface area (Å²) in [6.07, 6.45) is 7.48. The standard InChI is InChI=1S/C27H34N6O3/c1-32-24-20(16-29-32)4-2-6-22(24)26(34)31-23(27(35)36)12-15-33-14-11-18(17-33)7-9-21-10-8-19-5-3-13-28-25(19)30-21/h2,4,6,8,10,16,18,23H,3,5,7,9,11-15,17H2,1H3,(H,28,30)(H,31,34)(H,35,36)/t18-,23+/m1/s1. The van der Waals surface area contributed by atoms with E-state index in [1.165, 1.54) is 12.0 Å². The second-order valence-electron chi connectivity index (χ2n) is 10.00. The molecule has 9 heteroatoms. The molecule has 1 fully saturated rings. The van der Waals surface area contributed by atoms with Crippen molar-refractivity contribution in [2.75, 3.05) is 31.5 Å². The third-order valence-electron chi connectivity index (χ3n) is 7.47. The molecule has 2 aliphatic rings. The van der Waals surface area contributed by atoms with E-state index in [1.54, 1.807) is 30.1 Å². The van der Waals surface area contributed by atoms with Gasteiger partial charge >= 0.3 is 5.97 Å². The number of rotatable bonds is 9. The normalized spacial score (nSPS) is 18.5. The Morgan fingerprint density at radius 3 is 3.03 bits per heavy atom. The number of aryl methyl sites for hydroxylation is 3. The van der Waals surface area contributed by atoms with Crippen molar-refractivity contribution in [3.63, 3.8) is 0 Å². The number of amides is 1. The number of nitrogens with one attached hydrogen (secondary N) is 2. The topological polar surface area (TPSA) is 112 Å². The van der Waals surface area contributed by atoms with Gasteiger partial charge in [0.05, 0.1) is 17.3 Å². The Morgan fingerprint density at radius 2 is 2.17 bits per heavy atom. The molecule has 1 aromatic carbocycles. The summed E-state index contributed by atoms with van der Waals surface area (Å²) in [6, 6.07) is 8.81. The largest absolute Gasteiger partial charge is 0.480 e. The summed E-state index contributed by atoms with van der Waals surface area (Å²) >= 11 is 0. The zero-order valence-electron chi connectivity index (χ0n) is 20.7. The number of para-hydroxylation sites is 1. The molecule has 5 rings (SSSR count). The third kappa shape index (κ3) is 5.36. The lowest BCUT2D eigenvalue weighted by molar-refractivity contribution is -0.139. The highest BCUT2D eigenvalue weighted by Crippen LogP contribution is 2.24. The lowest BCUT2D eigenvalue weighted by Crippen LogP contribution is -2.43. The number of aliphatic carboxylic acids is 1. The highest BCUT2D eigenvalue weighted by atomic mass is 16.4. The van der Waals surface area contributed by atoms with Gasteiger partial charge in [0.1, 0.15) is 11.9 Å². The molecule has 1 amide bonds. The zero-order chi connectivity index (χ0) is 25.1. The molecule has 9 nitrogen and oxygen atoms in total. The number of anilines is 1. The van der Waals surface area contributed by atoms with Gasteiger partial charge in [-0.25, -0.2) is 9.78 Å². The van der Waals surface area contributed by atoms with E-state index in [0.717, 1.165) is 62.2 Å². The number of nitrogens with zero attached hydrogens (tertiary/aromatic N) is 4. The first-order valence-electron chi connectivity index (χ1n) is 12.9. The average Bonchev–Trinajstić information content (AvgIpc) is 3.51. The maximum Gasteiger partial charge on any atom is 0.326 e. The average molecular weight is 491 g/mol. The second kappa shape index (κ2) is 10.7. The number of carboxylic acid groups (broad SMARTS) is 1. The van der Waals surface area contributed by atoms with Crippen molar-refractivity contribution in [1.29, 1.82) is 0 Å². The van der Waals surface area contributed by atoms with Crippen LogP contribution in [0.15, 0.2) is 36.5 Å². The Kier molecular flexibility index (Phi) is 7.18. The second-order valence-corrected chi connectivity index (χ2v) is 10.00. The number of hydrogen-bond acceptors (Lipinski definition) is 6. The molecule has 0 unspecified atom stereocenters. The van der Waals surface area contributed by atoms with Crippen LogP contribution in [0.3, 0.4) is 0 Å². The quantitative estimate of drug-likeness (QED) is 0.423. The van der Waals surface area contributed by atoms with Crippen molar-refractivity contribution < 1.29 is 14.7 Å². The van der Waals surface area contributed by atoms with E-state index >= 15 is 0 Å². The Morgan fingerprint density at radius 1 is 1.28 bits per heavy atom. The molecule has 36 heavy (non-hydrogen) atoms. The number of aromatic nitrogens is 3. The minimum atomic E-state index is -1.01. The first-order chi connectivity index (χ1) is 17.5. The molecular weight excluding hydrogens is 456 g/mol. The smallest absolute Gasteiger partial charge is 0.326 e. The predicted octanol–water partition coefficient (Wildman–Crippen LogP) is 2.85. The molecule has 190 valence electrons. The maximum absolute atomic E-state index is 12.9. The van der Waals surface area contributed by atoms with Crippen LogP contribution in [0.5, 0.6) is 0 Å². The molecular formula is C27H34N6O3. The number of likely N-dealkylation sites (tertiary alicyclic amines) is 1. The molecule has 1 saturated heterocycles. The summed E-state index contributed by atoms with van der Waals surface area (Å²) in [6.45, 7) is 3.55. The van der Waals surface area contributed by atoms with Gasteiger partial charge in [-0.1, -0.05) is 18.2 Å². The van der Waals surface area contributed by atoms with Gasteiger partial charge in [0, 0.05) is 37.8 Å². The van der Waals surface area contributed by atoms with Gasteiger partial charge in [-0.15, -0.1) is 0 Å². The Balaban J connectivity index is 1.11. The highest BCUT2D eigenvalue weighted by molar-refractivity contribution is 6.06. The summed E-state index contributed by atoms with van der Waals surface area (Å²) < 4.78 is 1.64. The van der Waals surface area contributed by atoms with Gasteiger partial charge in [-0.05, 0) is 68.7 Å². The number of carbonyl (C=O) groups is 2. The van der Waals surface area contributed by atoms with Crippen LogP contribution in [0.1, 0.15) is 47.3 Å². The van der Waals surface area contributed by atoms with Crippen LogP contribution in [-0.4, -0.2) is 68.9 Å². The van der Waals surface area contributed by atoms with Crippen LogP contribution in [0.25, 0.3) is 10.9 Å². The van der Waals surface area contributed by atoms with Crippen LogP contribution in [0.2, 0.25) is 0 Å². The van der Waals surface area contributed by atoms with E-state index in [4.69, 9.17) is 4.98 Å². The van der Waals surface area contributed by atoms with E-state index in [2.05, 4.69) is 32.8 Å². The summed E-state index contributed by atoms with van der Waals surface area (Å²) in [7, 11) is 1.77. The van der Waals surface area contributed by atoms with E-state index in [1.807, 2.05) is 6.07 Å². The molecule has 2 aliphatic heterocycles. The van der Waals surface area contributed by atoms with Crippen molar-refractivity contribution in [2.45, 2.75) is 44.6 Å². The SMILES string of the molecule is Cn1ncc2cccc(C(=O)N[C@@H](CCN3CC[C@@H](CCc4ccc5c(n4)NCCC5)C3)C(=O)O)c21. The maximum atomic E-state index is 12.9. The summed E-state index contributed by atoms with van der Waals surface area (Å²) in [5.41, 5.74) is 3.59. The number of carbonyl (C=O) groups excluding carboxylic acids is 1.